The van der Waals surface area contributed by atoms with Crippen molar-refractivity contribution in [1.29, 1.82) is 0 Å². The molecule has 112 valence electrons. The van der Waals surface area contributed by atoms with Crippen LogP contribution in [0.3, 0.4) is 0 Å². The second-order valence-electron chi connectivity index (χ2n) is 5.42. The molecule has 2 aromatic rings. The first-order valence-electron chi connectivity index (χ1n) is 7.23. The van der Waals surface area contributed by atoms with E-state index >= 15 is 0 Å². The molecule has 5 heteroatoms. The normalized spacial score (nSPS) is 13.4. The van der Waals surface area contributed by atoms with E-state index in [1.165, 1.54) is 5.56 Å². The molecule has 0 spiro atoms. The van der Waals surface area contributed by atoms with E-state index < -0.39 is 11.8 Å². The molecule has 1 aromatic carbocycles. The fraction of sp³-hybridized carbons (Fsp3) is 0.235. The van der Waals surface area contributed by atoms with Crippen molar-refractivity contribution < 1.29 is 9.59 Å². The van der Waals surface area contributed by atoms with Crippen molar-refractivity contribution in [1.82, 2.24) is 9.88 Å². The minimum absolute atomic E-state index is 0.399. The van der Waals surface area contributed by atoms with Gasteiger partial charge in [0.15, 0.2) is 0 Å². The Kier molecular flexibility index (Phi) is 3.87. The highest BCUT2D eigenvalue weighted by Gasteiger charge is 2.25. The minimum Gasteiger partial charge on any atom is -0.330 e. The number of benzene rings is 1. The Hall–Kier alpha value is -2.69. The zero-order chi connectivity index (χ0) is 15.5. The van der Waals surface area contributed by atoms with E-state index in [0.717, 1.165) is 17.5 Å². The molecule has 1 aliphatic rings. The second kappa shape index (κ2) is 5.97. The monoisotopic (exact) mass is 295 g/mol. The maximum Gasteiger partial charge on any atom is 0.315 e. The van der Waals surface area contributed by atoms with E-state index in [0.29, 0.717) is 18.9 Å². The van der Waals surface area contributed by atoms with Gasteiger partial charge in [0.2, 0.25) is 0 Å². The van der Waals surface area contributed by atoms with Crippen LogP contribution in [0.25, 0.3) is 0 Å². The summed E-state index contributed by atoms with van der Waals surface area (Å²) in [4.78, 5) is 30.0. The molecular weight excluding hydrogens is 278 g/mol. The summed E-state index contributed by atoms with van der Waals surface area (Å²) in [6.07, 6.45) is 2.38. The van der Waals surface area contributed by atoms with Crippen LogP contribution in [0.1, 0.15) is 16.7 Å². The largest absolute Gasteiger partial charge is 0.330 e. The molecule has 0 unspecified atom stereocenters. The SMILES string of the molecule is Cc1ccnc(NC(=O)C(=O)N2CCc3ccccc3C2)c1. The van der Waals surface area contributed by atoms with Gasteiger partial charge in [-0.05, 0) is 42.2 Å². The van der Waals surface area contributed by atoms with Crippen molar-refractivity contribution >= 4 is 17.6 Å². The first kappa shape index (κ1) is 14.3. The van der Waals surface area contributed by atoms with Gasteiger partial charge in [-0.25, -0.2) is 4.98 Å². The molecule has 3 rings (SSSR count). The summed E-state index contributed by atoms with van der Waals surface area (Å²) in [5.74, 6) is -0.758. The number of hydrogen-bond acceptors (Lipinski definition) is 3. The fourth-order valence-electron chi connectivity index (χ4n) is 2.59. The van der Waals surface area contributed by atoms with E-state index in [1.54, 1.807) is 17.2 Å². The van der Waals surface area contributed by atoms with Crippen LogP contribution in [0.4, 0.5) is 5.82 Å². The third-order valence-corrected chi connectivity index (χ3v) is 3.77. The van der Waals surface area contributed by atoms with Crippen molar-refractivity contribution in [2.75, 3.05) is 11.9 Å². The number of fused-ring (bicyclic) bond motifs is 1. The molecule has 0 radical (unpaired) electrons. The maximum absolute atomic E-state index is 12.3. The zero-order valence-corrected chi connectivity index (χ0v) is 12.4. The maximum atomic E-state index is 12.3. The van der Waals surface area contributed by atoms with Crippen molar-refractivity contribution in [2.45, 2.75) is 19.9 Å². The number of hydrogen-bond donors (Lipinski definition) is 1. The number of nitrogens with one attached hydrogen (secondary N) is 1. The smallest absolute Gasteiger partial charge is 0.315 e. The van der Waals surface area contributed by atoms with Gasteiger partial charge >= 0.3 is 11.8 Å². The predicted molar refractivity (Wildman–Crippen MR) is 83.2 cm³/mol. The molecule has 2 amide bonds. The van der Waals surface area contributed by atoms with Gasteiger partial charge in [0.05, 0.1) is 0 Å². The summed E-state index contributed by atoms with van der Waals surface area (Å²) in [7, 11) is 0. The molecule has 1 aliphatic heterocycles. The molecule has 0 fully saturated rings. The average molecular weight is 295 g/mol. The van der Waals surface area contributed by atoms with E-state index in [2.05, 4.69) is 16.4 Å². The molecule has 5 nitrogen and oxygen atoms in total. The van der Waals surface area contributed by atoms with Crippen LogP contribution in [0, 0.1) is 6.92 Å². The average Bonchev–Trinajstić information content (AvgIpc) is 2.53. The molecule has 1 aromatic heterocycles. The Labute approximate surface area is 129 Å². The Morgan fingerprint density at radius 3 is 2.73 bits per heavy atom. The van der Waals surface area contributed by atoms with Gasteiger partial charge in [0.25, 0.3) is 0 Å². The van der Waals surface area contributed by atoms with Crippen LogP contribution >= 0.6 is 0 Å². The highest BCUT2D eigenvalue weighted by Crippen LogP contribution is 2.18. The summed E-state index contributed by atoms with van der Waals surface area (Å²) < 4.78 is 0. The van der Waals surface area contributed by atoms with Gasteiger partial charge in [-0.2, -0.15) is 0 Å². The molecular formula is C17H17N3O2. The van der Waals surface area contributed by atoms with E-state index in [1.807, 2.05) is 31.2 Å². The number of carbonyl (C=O) groups is 2. The van der Waals surface area contributed by atoms with Crippen LogP contribution in [0.15, 0.2) is 42.6 Å². The lowest BCUT2D eigenvalue weighted by molar-refractivity contribution is -0.143. The predicted octanol–water partition coefficient (Wildman–Crippen LogP) is 1.91. The van der Waals surface area contributed by atoms with Gasteiger partial charge in [0.1, 0.15) is 5.82 Å². The van der Waals surface area contributed by atoms with Crippen LogP contribution in [0.5, 0.6) is 0 Å². The number of anilines is 1. The van der Waals surface area contributed by atoms with Crippen LogP contribution in [0.2, 0.25) is 0 Å². The molecule has 0 bridgehead atoms. The lowest BCUT2D eigenvalue weighted by Crippen LogP contribution is -2.42. The number of pyridine rings is 1. The van der Waals surface area contributed by atoms with Gasteiger partial charge in [-0.1, -0.05) is 24.3 Å². The number of rotatable bonds is 1. The molecule has 22 heavy (non-hydrogen) atoms. The van der Waals surface area contributed by atoms with E-state index in [9.17, 15) is 9.59 Å². The number of amides is 2. The first-order valence-corrected chi connectivity index (χ1v) is 7.23. The summed E-state index contributed by atoms with van der Waals surface area (Å²) >= 11 is 0. The fourth-order valence-corrected chi connectivity index (χ4v) is 2.59. The standard InChI is InChI=1S/C17H17N3O2/c1-12-6-8-18-15(10-12)19-16(21)17(22)20-9-7-13-4-2-3-5-14(13)11-20/h2-6,8,10H,7,9,11H2,1H3,(H,18,19,21). The van der Waals surface area contributed by atoms with Gasteiger partial charge in [-0.3, -0.25) is 9.59 Å². The third-order valence-electron chi connectivity index (χ3n) is 3.77. The van der Waals surface area contributed by atoms with Crippen molar-refractivity contribution in [3.63, 3.8) is 0 Å². The van der Waals surface area contributed by atoms with Crippen molar-refractivity contribution in [3.05, 3.63) is 59.3 Å². The van der Waals surface area contributed by atoms with Gasteiger partial charge in [0, 0.05) is 19.3 Å². The quantitative estimate of drug-likeness (QED) is 0.818. The lowest BCUT2D eigenvalue weighted by atomic mass is 10.00. The van der Waals surface area contributed by atoms with Crippen LogP contribution < -0.4 is 5.32 Å². The Morgan fingerprint density at radius 2 is 1.95 bits per heavy atom. The van der Waals surface area contributed by atoms with Gasteiger partial charge in [-0.15, -0.1) is 0 Å². The Bertz CT molecular complexity index is 727. The topological polar surface area (TPSA) is 62.3 Å². The second-order valence-corrected chi connectivity index (χ2v) is 5.42. The number of aryl methyl sites for hydroxylation is 1. The van der Waals surface area contributed by atoms with Crippen LogP contribution in [-0.2, 0) is 22.6 Å². The number of carbonyl (C=O) groups excluding carboxylic acids is 2. The molecule has 1 N–H and O–H groups in total. The van der Waals surface area contributed by atoms with Crippen molar-refractivity contribution in [3.8, 4) is 0 Å². The summed E-state index contributed by atoms with van der Waals surface area (Å²) in [5.41, 5.74) is 3.32. The molecule has 0 aliphatic carbocycles. The Balaban J connectivity index is 1.68. The number of aromatic nitrogens is 1. The molecule has 2 heterocycles. The summed E-state index contributed by atoms with van der Waals surface area (Å²) in [6, 6.07) is 11.6. The van der Waals surface area contributed by atoms with E-state index in [-0.39, 0.29) is 0 Å². The first-order chi connectivity index (χ1) is 10.6. The van der Waals surface area contributed by atoms with Gasteiger partial charge < -0.3 is 10.2 Å². The van der Waals surface area contributed by atoms with Crippen LogP contribution in [-0.4, -0.2) is 28.2 Å². The lowest BCUT2D eigenvalue weighted by Gasteiger charge is -2.28. The molecule has 0 atom stereocenters. The highest BCUT2D eigenvalue weighted by atomic mass is 16.2. The molecule has 0 saturated carbocycles. The summed E-state index contributed by atoms with van der Waals surface area (Å²) in [6.45, 7) is 2.94. The van der Waals surface area contributed by atoms with E-state index in [4.69, 9.17) is 0 Å². The van der Waals surface area contributed by atoms with Crippen molar-refractivity contribution in [2.24, 2.45) is 0 Å². The highest BCUT2D eigenvalue weighted by molar-refractivity contribution is 6.39. The summed E-state index contributed by atoms with van der Waals surface area (Å²) in [5, 5.41) is 2.56. The zero-order valence-electron chi connectivity index (χ0n) is 12.4. The third kappa shape index (κ3) is 2.98. The molecule has 0 saturated heterocycles. The number of nitrogens with zero attached hydrogens (tertiary/aromatic N) is 2. The Morgan fingerprint density at radius 1 is 1.18 bits per heavy atom. The minimum atomic E-state index is -0.641.